The molecule has 2 aromatic rings. The van der Waals surface area contributed by atoms with Gasteiger partial charge in [-0.3, -0.25) is 4.79 Å². The van der Waals surface area contributed by atoms with Gasteiger partial charge in [-0.2, -0.15) is 0 Å². The van der Waals surface area contributed by atoms with Crippen molar-refractivity contribution in [3.63, 3.8) is 0 Å². The first-order valence-electron chi connectivity index (χ1n) is 5.69. The van der Waals surface area contributed by atoms with Crippen LogP contribution in [0, 0.1) is 5.82 Å². The Morgan fingerprint density at radius 2 is 1.89 bits per heavy atom. The Bertz CT molecular complexity index is 544. The highest BCUT2D eigenvalue weighted by molar-refractivity contribution is 5.93. The van der Waals surface area contributed by atoms with Gasteiger partial charge in [0.1, 0.15) is 5.82 Å². The van der Waals surface area contributed by atoms with Crippen molar-refractivity contribution in [3.8, 4) is 0 Å². The Morgan fingerprint density at radius 1 is 1.26 bits per heavy atom. The summed E-state index contributed by atoms with van der Waals surface area (Å²) in [6, 6.07) is 7.30. The molecule has 0 saturated carbocycles. The molecule has 1 aromatic carbocycles. The van der Waals surface area contributed by atoms with Crippen LogP contribution in [0.15, 0.2) is 42.7 Å². The number of anilines is 2. The summed E-state index contributed by atoms with van der Waals surface area (Å²) in [7, 11) is 1.72. The fourth-order valence-corrected chi connectivity index (χ4v) is 1.51. The second-order valence-electron chi connectivity index (χ2n) is 3.96. The molecule has 0 fully saturated rings. The number of carbonyl (C=O) groups is 1. The highest BCUT2D eigenvalue weighted by Gasteiger charge is 2.09. The van der Waals surface area contributed by atoms with Crippen LogP contribution in [0.25, 0.3) is 0 Å². The second kappa shape index (κ2) is 5.90. The van der Waals surface area contributed by atoms with Gasteiger partial charge in [0.2, 0.25) is 11.9 Å². The van der Waals surface area contributed by atoms with Crippen molar-refractivity contribution in [3.05, 3.63) is 48.5 Å². The number of likely N-dealkylation sites (N-methyl/N-ethyl adjacent to an activating group) is 1. The maximum absolute atomic E-state index is 12.7. The smallest absolute Gasteiger partial charge is 0.243 e. The normalized spacial score (nSPS) is 10.0. The van der Waals surface area contributed by atoms with Gasteiger partial charge >= 0.3 is 0 Å². The summed E-state index contributed by atoms with van der Waals surface area (Å²) < 4.78 is 12.7. The number of nitrogens with zero attached hydrogens (tertiary/aromatic N) is 3. The lowest BCUT2D eigenvalue weighted by Gasteiger charge is -2.16. The van der Waals surface area contributed by atoms with Crippen LogP contribution in [0.4, 0.5) is 16.0 Å². The number of carbonyl (C=O) groups excluding carboxylic acids is 1. The molecular formula is C13H13FN4O. The summed E-state index contributed by atoms with van der Waals surface area (Å²) in [5.74, 6) is -0.0916. The molecule has 19 heavy (non-hydrogen) atoms. The quantitative estimate of drug-likeness (QED) is 0.908. The minimum absolute atomic E-state index is 0.112. The molecule has 2 rings (SSSR count). The van der Waals surface area contributed by atoms with Crippen molar-refractivity contribution < 1.29 is 9.18 Å². The molecule has 6 heteroatoms. The predicted octanol–water partition coefficient (Wildman–Crippen LogP) is 1.69. The minimum Gasteiger partial charge on any atom is -0.335 e. The van der Waals surface area contributed by atoms with E-state index in [0.29, 0.717) is 11.6 Å². The molecule has 0 spiro atoms. The fourth-order valence-electron chi connectivity index (χ4n) is 1.51. The summed E-state index contributed by atoms with van der Waals surface area (Å²) in [6.45, 7) is 0.112. The highest BCUT2D eigenvalue weighted by Crippen LogP contribution is 2.08. The molecule has 0 aliphatic rings. The van der Waals surface area contributed by atoms with Gasteiger partial charge in [0.15, 0.2) is 0 Å². The number of hydrogen-bond acceptors (Lipinski definition) is 4. The molecule has 1 N–H and O–H groups in total. The number of hydrogen-bond donors (Lipinski definition) is 1. The average molecular weight is 260 g/mol. The van der Waals surface area contributed by atoms with E-state index >= 15 is 0 Å². The third kappa shape index (κ3) is 3.74. The fraction of sp³-hybridized carbons (Fsp3) is 0.154. The van der Waals surface area contributed by atoms with Crippen LogP contribution in [0.5, 0.6) is 0 Å². The van der Waals surface area contributed by atoms with E-state index < -0.39 is 0 Å². The van der Waals surface area contributed by atoms with Crippen molar-refractivity contribution >= 4 is 17.5 Å². The number of halogens is 1. The van der Waals surface area contributed by atoms with Gasteiger partial charge < -0.3 is 10.2 Å². The van der Waals surface area contributed by atoms with E-state index in [4.69, 9.17) is 0 Å². The number of aromatic nitrogens is 2. The van der Waals surface area contributed by atoms with E-state index in [0.717, 1.165) is 0 Å². The SMILES string of the molecule is CN(CC(=O)Nc1ccc(F)cc1)c1ncccn1. The standard InChI is InChI=1S/C13H13FN4O/c1-18(13-15-7-2-8-16-13)9-12(19)17-11-5-3-10(14)4-6-11/h2-8H,9H2,1H3,(H,17,19). The summed E-state index contributed by atoms with van der Waals surface area (Å²) in [5.41, 5.74) is 0.550. The maximum Gasteiger partial charge on any atom is 0.243 e. The lowest BCUT2D eigenvalue weighted by atomic mass is 10.3. The van der Waals surface area contributed by atoms with E-state index in [1.807, 2.05) is 0 Å². The number of rotatable bonds is 4. The van der Waals surface area contributed by atoms with E-state index in [9.17, 15) is 9.18 Å². The minimum atomic E-state index is -0.340. The molecule has 5 nitrogen and oxygen atoms in total. The van der Waals surface area contributed by atoms with Crippen LogP contribution in [0.1, 0.15) is 0 Å². The zero-order chi connectivity index (χ0) is 13.7. The van der Waals surface area contributed by atoms with Crippen LogP contribution in [-0.2, 0) is 4.79 Å². The summed E-state index contributed by atoms with van der Waals surface area (Å²) in [5, 5.41) is 2.67. The zero-order valence-electron chi connectivity index (χ0n) is 10.4. The van der Waals surface area contributed by atoms with Crippen LogP contribution in [-0.4, -0.2) is 29.5 Å². The van der Waals surface area contributed by atoms with E-state index in [1.54, 1.807) is 30.4 Å². The van der Waals surface area contributed by atoms with E-state index in [-0.39, 0.29) is 18.3 Å². The maximum atomic E-state index is 12.7. The molecule has 0 unspecified atom stereocenters. The van der Waals surface area contributed by atoms with E-state index in [2.05, 4.69) is 15.3 Å². The molecule has 0 aliphatic carbocycles. The first kappa shape index (κ1) is 12.9. The van der Waals surface area contributed by atoms with Crippen LogP contribution >= 0.6 is 0 Å². The summed E-state index contributed by atoms with van der Waals surface area (Å²) in [4.78, 5) is 21.5. The van der Waals surface area contributed by atoms with Crippen LogP contribution < -0.4 is 10.2 Å². The van der Waals surface area contributed by atoms with Gasteiger partial charge in [-0.05, 0) is 30.3 Å². The van der Waals surface area contributed by atoms with Gasteiger partial charge in [0.05, 0.1) is 6.54 Å². The Hall–Kier alpha value is -2.50. The number of nitrogens with one attached hydrogen (secondary N) is 1. The Morgan fingerprint density at radius 3 is 2.53 bits per heavy atom. The molecule has 0 aliphatic heterocycles. The Kier molecular flexibility index (Phi) is 4.02. The molecular weight excluding hydrogens is 247 g/mol. The largest absolute Gasteiger partial charge is 0.335 e. The third-order valence-corrected chi connectivity index (χ3v) is 2.40. The summed E-state index contributed by atoms with van der Waals surface area (Å²) in [6.07, 6.45) is 3.22. The van der Waals surface area contributed by atoms with Gasteiger partial charge in [0, 0.05) is 25.1 Å². The molecule has 0 radical (unpaired) electrons. The third-order valence-electron chi connectivity index (χ3n) is 2.40. The molecule has 1 aromatic heterocycles. The predicted molar refractivity (Wildman–Crippen MR) is 70.3 cm³/mol. The second-order valence-corrected chi connectivity index (χ2v) is 3.96. The van der Waals surface area contributed by atoms with Crippen molar-refractivity contribution in [2.45, 2.75) is 0 Å². The lowest BCUT2D eigenvalue weighted by molar-refractivity contribution is -0.114. The van der Waals surface area contributed by atoms with Crippen LogP contribution in [0.2, 0.25) is 0 Å². The van der Waals surface area contributed by atoms with Crippen molar-refractivity contribution in [1.82, 2.24) is 9.97 Å². The van der Waals surface area contributed by atoms with Crippen LogP contribution in [0.3, 0.4) is 0 Å². The first-order valence-corrected chi connectivity index (χ1v) is 5.69. The first-order chi connectivity index (χ1) is 9.15. The Labute approximate surface area is 110 Å². The van der Waals surface area contributed by atoms with Gasteiger partial charge in [-0.15, -0.1) is 0 Å². The highest BCUT2D eigenvalue weighted by atomic mass is 19.1. The molecule has 0 bridgehead atoms. The summed E-state index contributed by atoms with van der Waals surface area (Å²) >= 11 is 0. The van der Waals surface area contributed by atoms with Gasteiger partial charge in [0.25, 0.3) is 0 Å². The zero-order valence-corrected chi connectivity index (χ0v) is 10.4. The molecule has 0 atom stereocenters. The van der Waals surface area contributed by atoms with Gasteiger partial charge in [-0.1, -0.05) is 0 Å². The lowest BCUT2D eigenvalue weighted by Crippen LogP contribution is -2.31. The monoisotopic (exact) mass is 260 g/mol. The molecule has 1 amide bonds. The molecule has 98 valence electrons. The molecule has 0 saturated heterocycles. The van der Waals surface area contributed by atoms with Crippen molar-refractivity contribution in [2.75, 3.05) is 23.8 Å². The van der Waals surface area contributed by atoms with Crippen molar-refractivity contribution in [1.29, 1.82) is 0 Å². The van der Waals surface area contributed by atoms with Gasteiger partial charge in [-0.25, -0.2) is 14.4 Å². The molecule has 1 heterocycles. The van der Waals surface area contributed by atoms with Crippen molar-refractivity contribution in [2.24, 2.45) is 0 Å². The topological polar surface area (TPSA) is 58.1 Å². The Balaban J connectivity index is 1.93. The number of amides is 1. The average Bonchev–Trinajstić information content (AvgIpc) is 2.42. The number of benzene rings is 1. The van der Waals surface area contributed by atoms with E-state index in [1.165, 1.54) is 24.3 Å².